The molecule has 1 aromatic rings. The Morgan fingerprint density at radius 2 is 1.92 bits per heavy atom. The number of nitrogens with one attached hydrogen (secondary N) is 1. The smallest absolute Gasteiger partial charge is 0.224 e. The SMILES string of the molecule is Cl.NCC1(NC(=O)C2CC2c2ccc3c(c2)OCCO3)CCCC1. The van der Waals surface area contributed by atoms with Gasteiger partial charge in [-0.25, -0.2) is 0 Å². The number of fused-ring (bicyclic) bond motifs is 1. The lowest BCUT2D eigenvalue weighted by molar-refractivity contribution is -0.124. The lowest BCUT2D eigenvalue weighted by Crippen LogP contribution is -2.52. The summed E-state index contributed by atoms with van der Waals surface area (Å²) in [7, 11) is 0. The van der Waals surface area contributed by atoms with Gasteiger partial charge in [-0.05, 0) is 42.9 Å². The molecule has 1 amide bonds. The minimum absolute atomic E-state index is 0. The van der Waals surface area contributed by atoms with E-state index in [1.807, 2.05) is 12.1 Å². The van der Waals surface area contributed by atoms with Crippen molar-refractivity contribution in [1.82, 2.24) is 5.32 Å². The second-order valence-electron chi connectivity index (χ2n) is 7.03. The minimum Gasteiger partial charge on any atom is -0.486 e. The highest BCUT2D eigenvalue weighted by Crippen LogP contribution is 2.49. The second kappa shape index (κ2) is 6.81. The molecule has 1 heterocycles. The van der Waals surface area contributed by atoms with E-state index in [2.05, 4.69) is 11.4 Å². The summed E-state index contributed by atoms with van der Waals surface area (Å²) in [6.45, 7) is 1.73. The number of hydrogen-bond acceptors (Lipinski definition) is 4. The number of carbonyl (C=O) groups is 1. The first-order valence-electron chi connectivity index (χ1n) is 8.62. The first kappa shape index (κ1) is 17.4. The van der Waals surface area contributed by atoms with Crippen molar-refractivity contribution >= 4 is 18.3 Å². The number of halogens is 1. The Morgan fingerprint density at radius 3 is 2.62 bits per heavy atom. The molecule has 1 aliphatic heterocycles. The molecule has 2 aliphatic carbocycles. The van der Waals surface area contributed by atoms with E-state index in [1.54, 1.807) is 0 Å². The molecule has 5 nitrogen and oxygen atoms in total. The Balaban J connectivity index is 0.00000169. The first-order chi connectivity index (χ1) is 11.2. The molecule has 2 unspecified atom stereocenters. The number of rotatable bonds is 4. The zero-order valence-electron chi connectivity index (χ0n) is 13.8. The lowest BCUT2D eigenvalue weighted by Gasteiger charge is -2.28. The maximum Gasteiger partial charge on any atom is 0.224 e. The van der Waals surface area contributed by atoms with Crippen molar-refractivity contribution in [2.75, 3.05) is 19.8 Å². The summed E-state index contributed by atoms with van der Waals surface area (Å²) < 4.78 is 11.2. The predicted molar refractivity (Wildman–Crippen MR) is 93.9 cm³/mol. The highest BCUT2D eigenvalue weighted by Gasteiger charge is 2.46. The normalized spacial score (nSPS) is 26.4. The molecule has 2 saturated carbocycles. The molecule has 24 heavy (non-hydrogen) atoms. The predicted octanol–water partition coefficient (Wildman–Crippen LogP) is 2.37. The van der Waals surface area contributed by atoms with Crippen LogP contribution in [0.1, 0.15) is 43.6 Å². The molecule has 3 N–H and O–H groups in total. The van der Waals surface area contributed by atoms with E-state index < -0.39 is 0 Å². The molecule has 0 radical (unpaired) electrons. The van der Waals surface area contributed by atoms with Gasteiger partial charge in [0, 0.05) is 12.5 Å². The van der Waals surface area contributed by atoms with E-state index in [9.17, 15) is 4.79 Å². The Hall–Kier alpha value is -1.46. The van der Waals surface area contributed by atoms with Crippen LogP contribution in [0.4, 0.5) is 0 Å². The van der Waals surface area contributed by atoms with Crippen molar-refractivity contribution in [2.24, 2.45) is 11.7 Å². The van der Waals surface area contributed by atoms with Crippen LogP contribution in [0, 0.1) is 5.92 Å². The second-order valence-corrected chi connectivity index (χ2v) is 7.03. The molecule has 6 heteroatoms. The fourth-order valence-electron chi connectivity index (χ4n) is 3.93. The minimum atomic E-state index is -0.156. The zero-order chi connectivity index (χ0) is 15.9. The third-order valence-corrected chi connectivity index (χ3v) is 5.46. The van der Waals surface area contributed by atoms with Gasteiger partial charge in [-0.3, -0.25) is 4.79 Å². The summed E-state index contributed by atoms with van der Waals surface area (Å²) >= 11 is 0. The summed E-state index contributed by atoms with van der Waals surface area (Å²) in [5.74, 6) is 2.13. The number of hydrogen-bond donors (Lipinski definition) is 2. The number of ether oxygens (including phenoxy) is 2. The van der Waals surface area contributed by atoms with Gasteiger partial charge in [0.15, 0.2) is 11.5 Å². The summed E-state index contributed by atoms with van der Waals surface area (Å²) in [4.78, 5) is 12.6. The van der Waals surface area contributed by atoms with Crippen LogP contribution < -0.4 is 20.5 Å². The average molecular weight is 353 g/mol. The van der Waals surface area contributed by atoms with Crippen molar-refractivity contribution < 1.29 is 14.3 Å². The van der Waals surface area contributed by atoms with Gasteiger partial charge in [0.1, 0.15) is 13.2 Å². The van der Waals surface area contributed by atoms with E-state index in [0.29, 0.717) is 25.7 Å². The molecule has 0 aromatic heterocycles. The van der Waals surface area contributed by atoms with Crippen molar-refractivity contribution in [1.29, 1.82) is 0 Å². The standard InChI is InChI=1S/C18H24N2O3.ClH/c19-11-18(5-1-2-6-18)20-17(21)14-10-13(14)12-3-4-15-16(9-12)23-8-7-22-15;/h3-4,9,13-14H,1-2,5-8,10-11,19H2,(H,20,21);1H. The van der Waals surface area contributed by atoms with Gasteiger partial charge in [0.05, 0.1) is 5.54 Å². The van der Waals surface area contributed by atoms with Crippen molar-refractivity contribution in [2.45, 2.75) is 43.6 Å². The highest BCUT2D eigenvalue weighted by molar-refractivity contribution is 5.85. The Labute approximate surface area is 148 Å². The molecule has 2 atom stereocenters. The Morgan fingerprint density at radius 1 is 1.21 bits per heavy atom. The van der Waals surface area contributed by atoms with Crippen molar-refractivity contribution in [3.05, 3.63) is 23.8 Å². The maximum absolute atomic E-state index is 12.6. The lowest BCUT2D eigenvalue weighted by atomic mass is 9.97. The zero-order valence-corrected chi connectivity index (χ0v) is 14.6. The number of carbonyl (C=O) groups excluding carboxylic acids is 1. The third kappa shape index (κ3) is 3.20. The van der Waals surface area contributed by atoms with Gasteiger partial charge < -0.3 is 20.5 Å². The molecule has 0 saturated heterocycles. The van der Waals surface area contributed by atoms with Crippen LogP contribution >= 0.6 is 12.4 Å². The summed E-state index contributed by atoms with van der Waals surface area (Å²) in [5, 5.41) is 3.25. The molecule has 4 rings (SSSR count). The largest absolute Gasteiger partial charge is 0.486 e. The van der Waals surface area contributed by atoms with Gasteiger partial charge in [0.2, 0.25) is 5.91 Å². The third-order valence-electron chi connectivity index (χ3n) is 5.46. The molecule has 0 bridgehead atoms. The topological polar surface area (TPSA) is 73.6 Å². The van der Waals surface area contributed by atoms with E-state index >= 15 is 0 Å². The molecule has 1 aromatic carbocycles. The van der Waals surface area contributed by atoms with Gasteiger partial charge in [-0.15, -0.1) is 12.4 Å². The fourth-order valence-corrected chi connectivity index (χ4v) is 3.93. The highest BCUT2D eigenvalue weighted by atomic mass is 35.5. The summed E-state index contributed by atoms with van der Waals surface area (Å²) in [5.41, 5.74) is 6.93. The quantitative estimate of drug-likeness (QED) is 0.872. The molecule has 3 aliphatic rings. The molecule has 2 fully saturated rings. The van der Waals surface area contributed by atoms with Crippen LogP contribution in [-0.4, -0.2) is 31.2 Å². The maximum atomic E-state index is 12.6. The monoisotopic (exact) mass is 352 g/mol. The summed E-state index contributed by atoms with van der Waals surface area (Å²) in [6.07, 6.45) is 5.25. The van der Waals surface area contributed by atoms with E-state index in [4.69, 9.17) is 15.2 Å². The van der Waals surface area contributed by atoms with Crippen LogP contribution in [0.2, 0.25) is 0 Å². The number of benzene rings is 1. The molecular weight excluding hydrogens is 328 g/mol. The van der Waals surface area contributed by atoms with E-state index in [0.717, 1.165) is 43.6 Å². The van der Waals surface area contributed by atoms with Gasteiger partial charge in [0.25, 0.3) is 0 Å². The Bertz CT molecular complexity index is 616. The van der Waals surface area contributed by atoms with Gasteiger partial charge >= 0.3 is 0 Å². The van der Waals surface area contributed by atoms with Crippen LogP contribution in [0.5, 0.6) is 11.5 Å². The van der Waals surface area contributed by atoms with Crippen LogP contribution in [0.3, 0.4) is 0 Å². The van der Waals surface area contributed by atoms with Gasteiger partial charge in [-0.2, -0.15) is 0 Å². The van der Waals surface area contributed by atoms with Crippen LogP contribution in [0.15, 0.2) is 18.2 Å². The van der Waals surface area contributed by atoms with Crippen LogP contribution in [0.25, 0.3) is 0 Å². The van der Waals surface area contributed by atoms with Crippen LogP contribution in [-0.2, 0) is 4.79 Å². The molecular formula is C18H25ClN2O3. The van der Waals surface area contributed by atoms with Crippen molar-refractivity contribution in [3.63, 3.8) is 0 Å². The van der Waals surface area contributed by atoms with E-state index in [-0.39, 0.29) is 29.8 Å². The van der Waals surface area contributed by atoms with Gasteiger partial charge in [-0.1, -0.05) is 18.9 Å². The van der Waals surface area contributed by atoms with Crippen molar-refractivity contribution in [3.8, 4) is 11.5 Å². The number of amides is 1. The first-order valence-corrected chi connectivity index (χ1v) is 8.62. The summed E-state index contributed by atoms with van der Waals surface area (Å²) in [6, 6.07) is 6.04. The Kier molecular flexibility index (Phi) is 4.92. The molecule has 0 spiro atoms. The number of nitrogens with two attached hydrogens (primary N) is 1. The van der Waals surface area contributed by atoms with E-state index in [1.165, 1.54) is 5.56 Å². The fraction of sp³-hybridized carbons (Fsp3) is 0.611. The molecule has 132 valence electrons. The average Bonchev–Trinajstić information content (AvgIpc) is 3.27.